The molecule has 0 unspecified atom stereocenters. The lowest BCUT2D eigenvalue weighted by Gasteiger charge is -2.30. The Morgan fingerprint density at radius 3 is 2.62 bits per heavy atom. The van der Waals surface area contributed by atoms with Gasteiger partial charge in [-0.2, -0.15) is 0 Å². The van der Waals surface area contributed by atoms with Gasteiger partial charge in [0.1, 0.15) is 6.67 Å². The van der Waals surface area contributed by atoms with Crippen molar-refractivity contribution >= 4 is 0 Å². The molecule has 3 heteroatoms. The number of halogens is 1. The Morgan fingerprint density at radius 1 is 1.38 bits per heavy atom. The molecule has 1 saturated heterocycles. The van der Waals surface area contributed by atoms with Crippen molar-refractivity contribution < 1.29 is 9.13 Å². The zero-order valence-corrected chi connectivity index (χ0v) is 8.47. The molecule has 1 fully saturated rings. The zero-order chi connectivity index (χ0) is 9.52. The van der Waals surface area contributed by atoms with Gasteiger partial charge in [0, 0.05) is 19.8 Å². The Hall–Kier alpha value is -0.150. The smallest absolute Gasteiger partial charge is 0.102 e. The Kier molecular flexibility index (Phi) is 5.32. The van der Waals surface area contributed by atoms with Crippen molar-refractivity contribution in [1.82, 2.24) is 4.90 Å². The van der Waals surface area contributed by atoms with E-state index < -0.39 is 0 Å². The second-order valence-corrected chi connectivity index (χ2v) is 3.63. The van der Waals surface area contributed by atoms with Crippen LogP contribution in [0.2, 0.25) is 0 Å². The standard InChI is InChI=1S/C10H20FNO/c1-2-13-9-10-3-6-12(7-4-10)8-5-11/h10H,2-9H2,1H3. The van der Waals surface area contributed by atoms with E-state index in [0.717, 1.165) is 26.3 Å². The third-order valence-electron chi connectivity index (χ3n) is 2.67. The van der Waals surface area contributed by atoms with E-state index in [4.69, 9.17) is 4.74 Å². The molecule has 0 N–H and O–H groups in total. The van der Waals surface area contributed by atoms with Gasteiger partial charge in [-0.3, -0.25) is 0 Å². The summed E-state index contributed by atoms with van der Waals surface area (Å²) in [6.07, 6.45) is 2.33. The van der Waals surface area contributed by atoms with Gasteiger partial charge in [0.05, 0.1) is 0 Å². The van der Waals surface area contributed by atoms with Crippen LogP contribution in [0.25, 0.3) is 0 Å². The fourth-order valence-corrected chi connectivity index (χ4v) is 1.78. The van der Waals surface area contributed by atoms with Gasteiger partial charge in [0.25, 0.3) is 0 Å². The van der Waals surface area contributed by atoms with Gasteiger partial charge in [-0.1, -0.05) is 0 Å². The summed E-state index contributed by atoms with van der Waals surface area (Å²) in [5.74, 6) is 0.704. The molecule has 0 saturated carbocycles. The summed E-state index contributed by atoms with van der Waals surface area (Å²) in [6, 6.07) is 0. The van der Waals surface area contributed by atoms with E-state index in [1.54, 1.807) is 0 Å². The summed E-state index contributed by atoms with van der Waals surface area (Å²) >= 11 is 0. The summed E-state index contributed by atoms with van der Waals surface area (Å²) in [7, 11) is 0. The molecule has 78 valence electrons. The van der Waals surface area contributed by atoms with Crippen LogP contribution in [0, 0.1) is 5.92 Å². The van der Waals surface area contributed by atoms with Crippen LogP contribution in [0.4, 0.5) is 4.39 Å². The van der Waals surface area contributed by atoms with Crippen molar-refractivity contribution in [3.05, 3.63) is 0 Å². The molecule has 0 aliphatic carbocycles. The highest BCUT2D eigenvalue weighted by Crippen LogP contribution is 2.16. The van der Waals surface area contributed by atoms with Gasteiger partial charge >= 0.3 is 0 Å². The first kappa shape index (κ1) is 10.9. The second-order valence-electron chi connectivity index (χ2n) is 3.63. The number of rotatable bonds is 5. The number of hydrogen-bond donors (Lipinski definition) is 0. The van der Waals surface area contributed by atoms with Gasteiger partial charge < -0.3 is 9.64 Å². The van der Waals surface area contributed by atoms with Gasteiger partial charge in [-0.15, -0.1) is 0 Å². The minimum Gasteiger partial charge on any atom is -0.381 e. The number of nitrogens with zero attached hydrogens (tertiary/aromatic N) is 1. The molecule has 1 aliphatic rings. The molecule has 0 aromatic carbocycles. The molecule has 0 aromatic rings. The molecule has 0 radical (unpaired) electrons. The quantitative estimate of drug-likeness (QED) is 0.652. The SMILES string of the molecule is CCOCC1CCN(CCF)CC1. The molecule has 0 amide bonds. The highest BCUT2D eigenvalue weighted by molar-refractivity contribution is 4.71. The lowest BCUT2D eigenvalue weighted by molar-refractivity contribution is 0.0726. The maximum absolute atomic E-state index is 12.0. The Bertz CT molecular complexity index is 124. The number of ether oxygens (including phenoxy) is 1. The van der Waals surface area contributed by atoms with Gasteiger partial charge in [-0.05, 0) is 38.8 Å². The molecule has 1 rings (SSSR count). The van der Waals surface area contributed by atoms with Crippen LogP contribution in [-0.4, -0.2) is 44.4 Å². The van der Waals surface area contributed by atoms with Gasteiger partial charge in [0.15, 0.2) is 0 Å². The zero-order valence-electron chi connectivity index (χ0n) is 8.47. The normalized spacial score (nSPS) is 20.8. The van der Waals surface area contributed by atoms with E-state index in [1.165, 1.54) is 12.8 Å². The van der Waals surface area contributed by atoms with Crippen molar-refractivity contribution in [1.29, 1.82) is 0 Å². The molecule has 13 heavy (non-hydrogen) atoms. The largest absolute Gasteiger partial charge is 0.381 e. The number of likely N-dealkylation sites (tertiary alicyclic amines) is 1. The fourth-order valence-electron chi connectivity index (χ4n) is 1.78. The molecule has 1 aliphatic heterocycles. The monoisotopic (exact) mass is 189 g/mol. The third kappa shape index (κ3) is 4.05. The lowest BCUT2D eigenvalue weighted by Crippen LogP contribution is -2.36. The van der Waals surface area contributed by atoms with Gasteiger partial charge in [-0.25, -0.2) is 4.39 Å². The van der Waals surface area contributed by atoms with E-state index in [1.807, 2.05) is 6.92 Å². The minimum atomic E-state index is -0.212. The first-order valence-corrected chi connectivity index (χ1v) is 5.23. The molecular weight excluding hydrogens is 169 g/mol. The van der Waals surface area contributed by atoms with Gasteiger partial charge in [0.2, 0.25) is 0 Å². The predicted octanol–water partition coefficient (Wildman–Crippen LogP) is 1.70. The molecular formula is C10H20FNO. The Balaban J connectivity index is 2.08. The maximum Gasteiger partial charge on any atom is 0.102 e. The topological polar surface area (TPSA) is 12.5 Å². The molecule has 0 spiro atoms. The van der Waals surface area contributed by atoms with E-state index in [-0.39, 0.29) is 6.67 Å². The van der Waals surface area contributed by atoms with Crippen LogP contribution < -0.4 is 0 Å². The summed E-state index contributed by atoms with van der Waals surface area (Å²) in [6.45, 7) is 6.21. The van der Waals surface area contributed by atoms with E-state index >= 15 is 0 Å². The van der Waals surface area contributed by atoms with Crippen molar-refractivity contribution in [2.75, 3.05) is 39.5 Å². The third-order valence-corrected chi connectivity index (χ3v) is 2.67. The van der Waals surface area contributed by atoms with E-state index in [0.29, 0.717) is 12.5 Å². The molecule has 0 aromatic heterocycles. The van der Waals surface area contributed by atoms with Crippen molar-refractivity contribution in [2.45, 2.75) is 19.8 Å². The highest BCUT2D eigenvalue weighted by Gasteiger charge is 2.18. The average molecular weight is 189 g/mol. The Labute approximate surface area is 80.1 Å². The number of alkyl halides is 1. The summed E-state index contributed by atoms with van der Waals surface area (Å²) in [4.78, 5) is 2.20. The summed E-state index contributed by atoms with van der Waals surface area (Å²) in [5, 5.41) is 0. The molecule has 1 heterocycles. The molecule has 0 atom stereocenters. The summed E-state index contributed by atoms with van der Waals surface area (Å²) < 4.78 is 17.4. The van der Waals surface area contributed by atoms with Crippen LogP contribution in [0.3, 0.4) is 0 Å². The molecule has 0 bridgehead atoms. The maximum atomic E-state index is 12.0. The van der Waals surface area contributed by atoms with Crippen molar-refractivity contribution in [2.24, 2.45) is 5.92 Å². The highest BCUT2D eigenvalue weighted by atomic mass is 19.1. The summed E-state index contributed by atoms with van der Waals surface area (Å²) in [5.41, 5.74) is 0. The van der Waals surface area contributed by atoms with Crippen LogP contribution in [-0.2, 0) is 4.74 Å². The van der Waals surface area contributed by atoms with Crippen LogP contribution in [0.5, 0.6) is 0 Å². The number of hydrogen-bond acceptors (Lipinski definition) is 2. The van der Waals surface area contributed by atoms with Crippen molar-refractivity contribution in [3.63, 3.8) is 0 Å². The predicted molar refractivity (Wildman–Crippen MR) is 51.6 cm³/mol. The fraction of sp³-hybridized carbons (Fsp3) is 1.00. The number of piperidine rings is 1. The first-order valence-electron chi connectivity index (χ1n) is 5.23. The van der Waals surface area contributed by atoms with Crippen molar-refractivity contribution in [3.8, 4) is 0 Å². The first-order chi connectivity index (χ1) is 6.36. The van der Waals surface area contributed by atoms with Crippen LogP contribution in [0.1, 0.15) is 19.8 Å². The van der Waals surface area contributed by atoms with Crippen LogP contribution in [0.15, 0.2) is 0 Å². The average Bonchev–Trinajstić information content (AvgIpc) is 2.17. The minimum absolute atomic E-state index is 0.212. The lowest BCUT2D eigenvalue weighted by atomic mass is 9.98. The Morgan fingerprint density at radius 2 is 2.08 bits per heavy atom. The molecule has 2 nitrogen and oxygen atoms in total. The second kappa shape index (κ2) is 6.33. The van der Waals surface area contributed by atoms with E-state index in [2.05, 4.69) is 4.90 Å². The van der Waals surface area contributed by atoms with Crippen LogP contribution >= 0.6 is 0 Å². The van der Waals surface area contributed by atoms with E-state index in [9.17, 15) is 4.39 Å².